The summed E-state index contributed by atoms with van der Waals surface area (Å²) in [6, 6.07) is 12.2. The number of hydrogen-bond acceptors (Lipinski definition) is 4. The van der Waals surface area contributed by atoms with Crippen molar-refractivity contribution in [3.05, 3.63) is 48.0 Å². The molecule has 2 rings (SSSR count). The molecule has 0 aliphatic carbocycles. The summed E-state index contributed by atoms with van der Waals surface area (Å²) in [5, 5.41) is 6.63. The average molecular weight is 341 g/mol. The van der Waals surface area contributed by atoms with Crippen LogP contribution < -0.4 is 16.4 Å². The molecule has 4 N–H and O–H groups in total. The summed E-state index contributed by atoms with van der Waals surface area (Å²) in [4.78, 5) is 35.8. The minimum absolute atomic E-state index is 0.282. The van der Waals surface area contributed by atoms with Crippen LogP contribution in [0.2, 0.25) is 0 Å². The van der Waals surface area contributed by atoms with Crippen molar-refractivity contribution in [2.45, 2.75) is 26.3 Å². The zero-order chi connectivity index (χ0) is 18.4. The Labute approximate surface area is 146 Å². The number of rotatable bonds is 6. The van der Waals surface area contributed by atoms with Crippen molar-refractivity contribution < 1.29 is 14.4 Å². The zero-order valence-corrected chi connectivity index (χ0v) is 14.4. The molecule has 3 amide bonds. The van der Waals surface area contributed by atoms with Gasteiger partial charge < -0.3 is 11.1 Å². The van der Waals surface area contributed by atoms with Crippen LogP contribution in [0.15, 0.2) is 42.5 Å². The Kier molecular flexibility index (Phi) is 6.25. The predicted molar refractivity (Wildman–Crippen MR) is 96.9 cm³/mol. The van der Waals surface area contributed by atoms with Gasteiger partial charge in [0.1, 0.15) is 0 Å². The lowest BCUT2D eigenvalue weighted by atomic mass is 10.0. The molecule has 0 unspecified atom stereocenters. The molecule has 0 fully saturated rings. The fourth-order valence-electron chi connectivity index (χ4n) is 2.49. The van der Waals surface area contributed by atoms with Gasteiger partial charge in [-0.25, -0.2) is 0 Å². The molecule has 0 aliphatic rings. The van der Waals surface area contributed by atoms with Gasteiger partial charge in [-0.15, -0.1) is 0 Å². The fraction of sp³-hybridized carbons (Fsp3) is 0.316. The van der Waals surface area contributed by atoms with Crippen molar-refractivity contribution >= 4 is 28.5 Å². The van der Waals surface area contributed by atoms with E-state index in [1.54, 1.807) is 12.1 Å². The van der Waals surface area contributed by atoms with Crippen LogP contribution in [0.3, 0.4) is 0 Å². The summed E-state index contributed by atoms with van der Waals surface area (Å²) in [6.07, 6.45) is 0.531. The van der Waals surface area contributed by atoms with Crippen molar-refractivity contribution in [3.8, 4) is 0 Å². The molecular weight excluding hydrogens is 318 g/mol. The first-order valence-corrected chi connectivity index (χ1v) is 8.23. The number of nitrogens with one attached hydrogen (secondary N) is 2. The van der Waals surface area contributed by atoms with E-state index in [9.17, 15) is 14.4 Å². The van der Waals surface area contributed by atoms with Gasteiger partial charge in [-0.1, -0.05) is 44.2 Å². The van der Waals surface area contributed by atoms with Crippen LogP contribution in [0.5, 0.6) is 0 Å². The average Bonchev–Trinajstić information content (AvgIpc) is 2.58. The lowest BCUT2D eigenvalue weighted by Crippen LogP contribution is -2.46. The van der Waals surface area contributed by atoms with E-state index < -0.39 is 23.8 Å². The van der Waals surface area contributed by atoms with E-state index >= 15 is 0 Å². The maximum atomic E-state index is 12.2. The number of benzene rings is 2. The lowest BCUT2D eigenvalue weighted by Gasteiger charge is -2.13. The van der Waals surface area contributed by atoms with Crippen LogP contribution in [0.1, 0.15) is 30.6 Å². The monoisotopic (exact) mass is 341 g/mol. The summed E-state index contributed by atoms with van der Waals surface area (Å²) < 4.78 is 0. The van der Waals surface area contributed by atoms with Crippen LogP contribution in [0.4, 0.5) is 0 Å². The molecule has 0 saturated carbocycles. The van der Waals surface area contributed by atoms with Crippen LogP contribution in [-0.4, -0.2) is 30.3 Å². The first-order chi connectivity index (χ1) is 11.9. The van der Waals surface area contributed by atoms with Crippen LogP contribution in [0, 0.1) is 5.92 Å². The second kappa shape index (κ2) is 8.39. The van der Waals surface area contributed by atoms with Gasteiger partial charge >= 0.3 is 0 Å². The predicted octanol–water partition coefficient (Wildman–Crippen LogP) is 1.59. The Hall–Kier alpha value is -2.73. The van der Waals surface area contributed by atoms with Gasteiger partial charge in [0.05, 0.1) is 12.6 Å². The summed E-state index contributed by atoms with van der Waals surface area (Å²) in [7, 11) is 0. The first kappa shape index (κ1) is 18.6. The van der Waals surface area contributed by atoms with Crippen molar-refractivity contribution in [3.63, 3.8) is 0 Å². The molecule has 0 bridgehead atoms. The highest BCUT2D eigenvalue weighted by Crippen LogP contribution is 2.15. The van der Waals surface area contributed by atoms with Crippen LogP contribution in [-0.2, 0) is 9.59 Å². The second-order valence-electron chi connectivity index (χ2n) is 6.39. The minimum atomic E-state index is -0.663. The highest BCUT2D eigenvalue weighted by Gasteiger charge is 2.17. The topological polar surface area (TPSA) is 101 Å². The van der Waals surface area contributed by atoms with Crippen molar-refractivity contribution in [2.75, 3.05) is 6.54 Å². The molecule has 2 aromatic carbocycles. The van der Waals surface area contributed by atoms with Crippen molar-refractivity contribution in [1.82, 2.24) is 10.6 Å². The van der Waals surface area contributed by atoms with E-state index in [4.69, 9.17) is 5.73 Å². The number of nitrogens with two attached hydrogens (primary N) is 1. The molecule has 6 heteroatoms. The van der Waals surface area contributed by atoms with E-state index in [0.717, 1.165) is 10.8 Å². The van der Waals surface area contributed by atoms with E-state index in [1.807, 2.05) is 44.2 Å². The third kappa shape index (κ3) is 5.39. The molecule has 0 aromatic heterocycles. The van der Waals surface area contributed by atoms with E-state index in [1.165, 1.54) is 0 Å². The number of hydrogen-bond donors (Lipinski definition) is 3. The molecular formula is C19H23N3O3. The quantitative estimate of drug-likeness (QED) is 0.742. The maximum Gasteiger partial charge on any atom is 0.257 e. The smallest absolute Gasteiger partial charge is 0.257 e. The van der Waals surface area contributed by atoms with Gasteiger partial charge in [0.25, 0.3) is 5.91 Å². The van der Waals surface area contributed by atoms with Gasteiger partial charge in [0, 0.05) is 5.56 Å². The van der Waals surface area contributed by atoms with Gasteiger partial charge in [-0.3, -0.25) is 19.7 Å². The summed E-state index contributed by atoms with van der Waals surface area (Å²) >= 11 is 0. The highest BCUT2D eigenvalue weighted by atomic mass is 16.2. The number of fused-ring (bicyclic) bond motifs is 1. The molecule has 0 heterocycles. The molecule has 0 spiro atoms. The number of carbonyl (C=O) groups excluding carboxylic acids is 3. The third-order valence-corrected chi connectivity index (χ3v) is 3.75. The van der Waals surface area contributed by atoms with Gasteiger partial charge in [-0.05, 0) is 35.2 Å². The second-order valence-corrected chi connectivity index (χ2v) is 6.39. The normalized spacial score (nSPS) is 12.0. The molecule has 1 atom stereocenters. The van der Waals surface area contributed by atoms with Gasteiger partial charge in [0.2, 0.25) is 11.8 Å². The molecule has 2 aromatic rings. The fourth-order valence-corrected chi connectivity index (χ4v) is 2.49. The molecule has 0 radical (unpaired) electrons. The third-order valence-electron chi connectivity index (χ3n) is 3.75. The first-order valence-electron chi connectivity index (χ1n) is 8.23. The highest BCUT2D eigenvalue weighted by molar-refractivity contribution is 6.07. The molecule has 25 heavy (non-hydrogen) atoms. The Bertz CT molecular complexity index is 786. The zero-order valence-electron chi connectivity index (χ0n) is 14.4. The standard InChI is InChI=1S/C19H23N3O3/c1-12(2)9-16(20)19(25)21-11-17(23)22-18(24)15-8-7-13-5-3-4-6-14(13)10-15/h3-8,10,12,16H,9,11,20H2,1-2H3,(H,21,25)(H,22,23,24)/t16-/m0/s1. The molecule has 132 valence electrons. The maximum absolute atomic E-state index is 12.2. The Morgan fingerprint density at radius 3 is 2.40 bits per heavy atom. The van der Waals surface area contributed by atoms with Crippen molar-refractivity contribution in [1.29, 1.82) is 0 Å². The molecule has 6 nitrogen and oxygen atoms in total. The molecule has 0 saturated heterocycles. The Balaban J connectivity index is 1.89. The summed E-state index contributed by atoms with van der Waals surface area (Å²) in [5.41, 5.74) is 6.12. The minimum Gasteiger partial charge on any atom is -0.346 e. The van der Waals surface area contributed by atoms with Gasteiger partial charge in [0.15, 0.2) is 0 Å². The SMILES string of the molecule is CC(C)C[C@H](N)C(=O)NCC(=O)NC(=O)c1ccc2ccccc2c1. The summed E-state index contributed by atoms with van der Waals surface area (Å²) in [6.45, 7) is 3.63. The lowest BCUT2D eigenvalue weighted by molar-refractivity contribution is -0.126. The molecule has 0 aliphatic heterocycles. The largest absolute Gasteiger partial charge is 0.346 e. The number of amides is 3. The van der Waals surface area contributed by atoms with E-state index in [0.29, 0.717) is 12.0 Å². The van der Waals surface area contributed by atoms with Gasteiger partial charge in [-0.2, -0.15) is 0 Å². The number of carbonyl (C=O) groups is 3. The van der Waals surface area contributed by atoms with E-state index in [-0.39, 0.29) is 12.5 Å². The van der Waals surface area contributed by atoms with Crippen molar-refractivity contribution in [2.24, 2.45) is 11.7 Å². The van der Waals surface area contributed by atoms with Crippen LogP contribution >= 0.6 is 0 Å². The Morgan fingerprint density at radius 2 is 1.72 bits per heavy atom. The van der Waals surface area contributed by atoms with Crippen LogP contribution in [0.25, 0.3) is 10.8 Å². The summed E-state index contributed by atoms with van der Waals surface area (Å²) in [5.74, 6) is -1.20. The number of imide groups is 1. The van der Waals surface area contributed by atoms with E-state index in [2.05, 4.69) is 10.6 Å². The Morgan fingerprint density at radius 1 is 1.04 bits per heavy atom.